The summed E-state index contributed by atoms with van der Waals surface area (Å²) in [6, 6.07) is 7.18. The second kappa shape index (κ2) is 6.69. The van der Waals surface area contributed by atoms with E-state index in [0.717, 1.165) is 51.6 Å². The molecule has 3 aromatic rings. The summed E-state index contributed by atoms with van der Waals surface area (Å²) in [6.45, 7) is 0. The maximum Gasteiger partial charge on any atom is 0.273 e. The molecule has 0 unspecified atom stereocenters. The minimum Gasteiger partial charge on any atom is -0.497 e. The number of aryl methyl sites for hydroxylation is 2. The summed E-state index contributed by atoms with van der Waals surface area (Å²) in [4.78, 5) is 5.57. The van der Waals surface area contributed by atoms with Gasteiger partial charge in [-0.05, 0) is 42.7 Å². The Balaban J connectivity index is 1.67. The van der Waals surface area contributed by atoms with E-state index in [1.807, 2.05) is 18.2 Å². The number of rotatable bonds is 4. The van der Waals surface area contributed by atoms with E-state index in [-0.39, 0.29) is 13.6 Å². The summed E-state index contributed by atoms with van der Waals surface area (Å²) in [5, 5.41) is 0.553. The van der Waals surface area contributed by atoms with Gasteiger partial charge in [0.2, 0.25) is 0 Å². The molecular formula is C16H12Cl2N2O3S3. The van der Waals surface area contributed by atoms with Crippen LogP contribution in [0.2, 0.25) is 9.36 Å². The SMILES string of the molecule is COc1ccc2c(c1)CCc1sc(NS(=O)(=O)c3cc(Cl)c(Cl)s3)nc1-2. The summed E-state index contributed by atoms with van der Waals surface area (Å²) in [5.74, 6) is 0.801. The normalized spacial score (nSPS) is 13.2. The third-order valence-corrected chi connectivity index (χ3v) is 8.83. The number of nitrogens with zero attached hydrogens (tertiary/aromatic N) is 1. The van der Waals surface area contributed by atoms with Crippen LogP contribution in [-0.2, 0) is 22.9 Å². The molecule has 1 aliphatic carbocycles. The van der Waals surface area contributed by atoms with Gasteiger partial charge in [0, 0.05) is 10.4 Å². The van der Waals surface area contributed by atoms with Crippen LogP contribution in [0.15, 0.2) is 28.5 Å². The molecule has 2 heterocycles. The van der Waals surface area contributed by atoms with Crippen molar-refractivity contribution < 1.29 is 13.2 Å². The molecule has 136 valence electrons. The van der Waals surface area contributed by atoms with E-state index in [1.54, 1.807) is 7.11 Å². The number of nitrogens with one attached hydrogen (secondary N) is 1. The fourth-order valence-corrected chi connectivity index (χ4v) is 6.87. The van der Waals surface area contributed by atoms with Gasteiger partial charge in [-0.1, -0.05) is 23.2 Å². The largest absolute Gasteiger partial charge is 0.497 e. The van der Waals surface area contributed by atoms with Gasteiger partial charge in [-0.3, -0.25) is 4.72 Å². The standard InChI is InChI=1S/C16H12Cl2N2O3S3/c1-23-9-3-4-10-8(6-9)2-5-12-14(10)19-16(24-12)20-26(21,22)13-7-11(17)15(18)25-13/h3-4,6-7H,2,5H2,1H3,(H,19,20). The number of benzene rings is 1. The van der Waals surface area contributed by atoms with E-state index >= 15 is 0 Å². The van der Waals surface area contributed by atoms with E-state index in [0.29, 0.717) is 5.13 Å². The molecule has 0 saturated heterocycles. The molecule has 4 rings (SSSR count). The van der Waals surface area contributed by atoms with Crippen molar-refractivity contribution >= 4 is 61.0 Å². The van der Waals surface area contributed by atoms with Gasteiger partial charge in [0.05, 0.1) is 17.8 Å². The number of anilines is 1. The van der Waals surface area contributed by atoms with Crippen molar-refractivity contribution in [2.75, 3.05) is 11.8 Å². The van der Waals surface area contributed by atoms with Crippen molar-refractivity contribution in [2.45, 2.75) is 17.1 Å². The highest BCUT2D eigenvalue weighted by atomic mass is 35.5. The predicted molar refractivity (Wildman–Crippen MR) is 107 cm³/mol. The zero-order chi connectivity index (χ0) is 18.5. The predicted octanol–water partition coefficient (Wildman–Crippen LogP) is 5.09. The Hall–Kier alpha value is -1.32. The van der Waals surface area contributed by atoms with Crippen LogP contribution >= 0.6 is 45.9 Å². The van der Waals surface area contributed by atoms with Crippen LogP contribution in [0.4, 0.5) is 5.13 Å². The van der Waals surface area contributed by atoms with Crippen molar-refractivity contribution in [1.82, 2.24) is 4.98 Å². The Morgan fingerprint density at radius 1 is 1.19 bits per heavy atom. The molecule has 0 amide bonds. The molecule has 5 nitrogen and oxygen atoms in total. The highest BCUT2D eigenvalue weighted by Gasteiger charge is 2.25. The Kier molecular flexibility index (Phi) is 4.65. The lowest BCUT2D eigenvalue weighted by Crippen LogP contribution is -2.11. The number of methoxy groups -OCH3 is 1. The van der Waals surface area contributed by atoms with Gasteiger partial charge in [-0.2, -0.15) is 0 Å². The average Bonchev–Trinajstić information content (AvgIpc) is 3.17. The average molecular weight is 447 g/mol. The quantitative estimate of drug-likeness (QED) is 0.605. The number of hydrogen-bond donors (Lipinski definition) is 1. The third-order valence-electron chi connectivity index (χ3n) is 4.00. The molecule has 0 aliphatic heterocycles. The highest BCUT2D eigenvalue weighted by molar-refractivity contribution is 7.95. The van der Waals surface area contributed by atoms with Crippen LogP contribution in [0, 0.1) is 0 Å². The lowest BCUT2D eigenvalue weighted by molar-refractivity contribution is 0.414. The van der Waals surface area contributed by atoms with Crippen LogP contribution in [0.1, 0.15) is 10.4 Å². The highest BCUT2D eigenvalue weighted by Crippen LogP contribution is 2.40. The number of sulfonamides is 1. The first-order chi connectivity index (χ1) is 12.4. The van der Waals surface area contributed by atoms with E-state index in [9.17, 15) is 8.42 Å². The van der Waals surface area contributed by atoms with Crippen LogP contribution in [-0.4, -0.2) is 20.5 Å². The molecule has 10 heteroatoms. The molecule has 1 aromatic carbocycles. The molecule has 1 N–H and O–H groups in total. The first-order valence-electron chi connectivity index (χ1n) is 7.52. The smallest absolute Gasteiger partial charge is 0.273 e. The van der Waals surface area contributed by atoms with E-state index in [1.165, 1.54) is 17.4 Å². The second-order valence-corrected chi connectivity index (χ2v) is 10.7. The lowest BCUT2D eigenvalue weighted by atomic mass is 9.93. The molecule has 0 radical (unpaired) electrons. The number of thiazole rings is 1. The van der Waals surface area contributed by atoms with E-state index < -0.39 is 10.0 Å². The number of thiophene rings is 1. The third kappa shape index (κ3) is 3.20. The Morgan fingerprint density at radius 2 is 2.00 bits per heavy atom. The summed E-state index contributed by atoms with van der Waals surface area (Å²) in [5.41, 5.74) is 2.98. The van der Waals surface area contributed by atoms with Gasteiger partial charge in [0.25, 0.3) is 10.0 Å². The number of aromatic nitrogens is 1. The molecule has 0 saturated carbocycles. The molecule has 26 heavy (non-hydrogen) atoms. The Labute approximate surface area is 168 Å². The lowest BCUT2D eigenvalue weighted by Gasteiger charge is -2.15. The van der Waals surface area contributed by atoms with Gasteiger partial charge in [0.1, 0.15) is 14.3 Å². The second-order valence-electron chi connectivity index (χ2n) is 5.61. The maximum absolute atomic E-state index is 12.5. The van der Waals surface area contributed by atoms with Crippen LogP contribution in [0.5, 0.6) is 5.75 Å². The first-order valence-corrected chi connectivity index (χ1v) is 11.4. The zero-order valence-electron chi connectivity index (χ0n) is 13.4. The molecule has 0 atom stereocenters. The fourth-order valence-electron chi connectivity index (χ4n) is 2.78. The minimum absolute atomic E-state index is 0.0609. The van der Waals surface area contributed by atoms with E-state index in [2.05, 4.69) is 9.71 Å². The Morgan fingerprint density at radius 3 is 2.69 bits per heavy atom. The topological polar surface area (TPSA) is 68.3 Å². The van der Waals surface area contributed by atoms with Crippen molar-refractivity contribution in [3.8, 4) is 17.0 Å². The molecule has 2 aromatic heterocycles. The molecule has 0 spiro atoms. The summed E-state index contributed by atoms with van der Waals surface area (Å²) in [6.07, 6.45) is 1.68. The molecule has 1 aliphatic rings. The van der Waals surface area contributed by atoms with Crippen molar-refractivity contribution in [1.29, 1.82) is 0 Å². The number of ether oxygens (including phenoxy) is 1. The summed E-state index contributed by atoms with van der Waals surface area (Å²) < 4.78 is 33.2. The van der Waals surface area contributed by atoms with E-state index in [4.69, 9.17) is 27.9 Å². The van der Waals surface area contributed by atoms with Crippen LogP contribution < -0.4 is 9.46 Å². The van der Waals surface area contributed by atoms with Gasteiger partial charge < -0.3 is 4.74 Å². The van der Waals surface area contributed by atoms with Gasteiger partial charge in [-0.25, -0.2) is 13.4 Å². The first kappa shape index (κ1) is 18.1. The van der Waals surface area contributed by atoms with Crippen molar-refractivity contribution in [3.05, 3.63) is 44.1 Å². The minimum atomic E-state index is -3.77. The van der Waals surface area contributed by atoms with Gasteiger partial charge >= 0.3 is 0 Å². The number of hydrogen-bond acceptors (Lipinski definition) is 6. The zero-order valence-corrected chi connectivity index (χ0v) is 17.3. The van der Waals surface area contributed by atoms with Gasteiger partial charge in [0.15, 0.2) is 5.13 Å². The fraction of sp³-hybridized carbons (Fsp3) is 0.188. The molecule has 0 fully saturated rings. The Bertz CT molecular complexity index is 1090. The van der Waals surface area contributed by atoms with Crippen molar-refractivity contribution in [2.24, 2.45) is 0 Å². The van der Waals surface area contributed by atoms with Crippen LogP contribution in [0.3, 0.4) is 0 Å². The summed E-state index contributed by atoms with van der Waals surface area (Å²) >= 11 is 14.0. The number of halogens is 2. The monoisotopic (exact) mass is 446 g/mol. The summed E-state index contributed by atoms with van der Waals surface area (Å²) in [7, 11) is -2.14. The molecular weight excluding hydrogens is 435 g/mol. The van der Waals surface area contributed by atoms with Gasteiger partial charge in [-0.15, -0.1) is 22.7 Å². The number of fused-ring (bicyclic) bond motifs is 3. The molecule has 0 bridgehead atoms. The maximum atomic E-state index is 12.5. The van der Waals surface area contributed by atoms with Crippen LogP contribution in [0.25, 0.3) is 11.3 Å². The van der Waals surface area contributed by atoms with Crippen molar-refractivity contribution in [3.63, 3.8) is 0 Å².